The summed E-state index contributed by atoms with van der Waals surface area (Å²) in [6.45, 7) is 2.76. The molecule has 0 N–H and O–H groups in total. The highest BCUT2D eigenvalue weighted by molar-refractivity contribution is 5.70. The first-order chi connectivity index (χ1) is 18.6. The van der Waals surface area contributed by atoms with Crippen LogP contribution in [0.15, 0.2) is 73.4 Å². The van der Waals surface area contributed by atoms with Crippen LogP contribution in [0.2, 0.25) is 0 Å². The van der Waals surface area contributed by atoms with Gasteiger partial charge in [-0.05, 0) is 72.9 Å². The van der Waals surface area contributed by atoms with Crippen LogP contribution in [-0.2, 0) is 6.54 Å². The van der Waals surface area contributed by atoms with Gasteiger partial charge in [0.05, 0.1) is 24.8 Å². The van der Waals surface area contributed by atoms with E-state index in [-0.39, 0.29) is 11.7 Å². The Labute approximate surface area is 220 Å². The molecule has 5 aromatic rings. The Morgan fingerprint density at radius 2 is 2.03 bits per heavy atom. The Morgan fingerprint density at radius 1 is 1.11 bits per heavy atom. The lowest BCUT2D eigenvalue weighted by atomic mass is 9.86. The fourth-order valence-electron chi connectivity index (χ4n) is 5.07. The second-order valence-electron chi connectivity index (χ2n) is 9.41. The number of halogens is 1. The number of nitrogens with zero attached hydrogens (tertiary/aromatic N) is 6. The second-order valence-corrected chi connectivity index (χ2v) is 9.41. The number of hydrogen-bond donors (Lipinski definition) is 0. The molecule has 190 valence electrons. The highest BCUT2D eigenvalue weighted by Crippen LogP contribution is 2.38. The van der Waals surface area contributed by atoms with Crippen LogP contribution < -0.4 is 4.74 Å². The summed E-state index contributed by atoms with van der Waals surface area (Å²) >= 11 is 0. The molecule has 8 heteroatoms. The number of pyridine rings is 1. The Hall–Kier alpha value is -4.59. The van der Waals surface area contributed by atoms with Crippen LogP contribution in [0.5, 0.6) is 5.75 Å². The smallest absolute Gasteiger partial charge is 0.174 e. The first kappa shape index (κ1) is 23.8. The van der Waals surface area contributed by atoms with Crippen molar-refractivity contribution in [3.63, 3.8) is 0 Å². The summed E-state index contributed by atoms with van der Waals surface area (Å²) in [5, 5.41) is 4.76. The SMILES string of the molecule is COc1cc(C=Cc2nc3n(n2)CCC[C@@H]3c2ccc(F)cc2-c2cccnc2)ccc1-n1cnc(C)c1. The van der Waals surface area contributed by atoms with Crippen molar-refractivity contribution >= 4 is 12.2 Å². The van der Waals surface area contributed by atoms with Crippen molar-refractivity contribution < 1.29 is 9.13 Å². The Kier molecular flexibility index (Phi) is 6.29. The van der Waals surface area contributed by atoms with Crippen molar-refractivity contribution in [2.45, 2.75) is 32.2 Å². The number of hydrogen-bond acceptors (Lipinski definition) is 5. The van der Waals surface area contributed by atoms with Crippen molar-refractivity contribution in [1.82, 2.24) is 29.3 Å². The Morgan fingerprint density at radius 3 is 2.82 bits per heavy atom. The van der Waals surface area contributed by atoms with Crippen LogP contribution in [0.4, 0.5) is 4.39 Å². The maximum absolute atomic E-state index is 14.3. The van der Waals surface area contributed by atoms with Gasteiger partial charge in [-0.1, -0.05) is 24.3 Å². The van der Waals surface area contributed by atoms with Gasteiger partial charge in [0.2, 0.25) is 0 Å². The topological polar surface area (TPSA) is 70.7 Å². The molecular weight excluding hydrogens is 479 g/mol. The van der Waals surface area contributed by atoms with E-state index in [1.807, 2.05) is 70.9 Å². The molecule has 2 aromatic carbocycles. The molecule has 7 nitrogen and oxygen atoms in total. The highest BCUT2D eigenvalue weighted by Gasteiger charge is 2.28. The largest absolute Gasteiger partial charge is 0.495 e. The van der Waals surface area contributed by atoms with Crippen LogP contribution in [0.25, 0.3) is 29.0 Å². The van der Waals surface area contributed by atoms with Crippen molar-refractivity contribution in [1.29, 1.82) is 0 Å². The van der Waals surface area contributed by atoms with Crippen molar-refractivity contribution in [3.05, 3.63) is 108 Å². The first-order valence-corrected chi connectivity index (χ1v) is 12.6. The number of ether oxygens (including phenoxy) is 1. The molecule has 1 aliphatic heterocycles. The average molecular weight is 507 g/mol. The van der Waals surface area contributed by atoms with Crippen LogP contribution in [-0.4, -0.2) is 36.4 Å². The van der Waals surface area contributed by atoms with Crippen LogP contribution in [0, 0.1) is 12.7 Å². The predicted molar refractivity (Wildman–Crippen MR) is 145 cm³/mol. The van der Waals surface area contributed by atoms with E-state index >= 15 is 0 Å². The van der Waals surface area contributed by atoms with Gasteiger partial charge in [0, 0.05) is 36.6 Å². The van der Waals surface area contributed by atoms with Gasteiger partial charge in [0.15, 0.2) is 5.82 Å². The van der Waals surface area contributed by atoms with Gasteiger partial charge in [-0.25, -0.2) is 19.0 Å². The van der Waals surface area contributed by atoms with E-state index < -0.39 is 0 Å². The van der Waals surface area contributed by atoms with E-state index in [1.165, 1.54) is 6.07 Å². The third-order valence-corrected chi connectivity index (χ3v) is 6.87. The molecule has 0 amide bonds. The second kappa shape index (κ2) is 10.0. The summed E-state index contributed by atoms with van der Waals surface area (Å²) in [5.74, 6) is 2.05. The van der Waals surface area contributed by atoms with E-state index in [9.17, 15) is 4.39 Å². The summed E-state index contributed by atoms with van der Waals surface area (Å²) in [7, 11) is 1.66. The summed E-state index contributed by atoms with van der Waals surface area (Å²) in [5.41, 5.74) is 5.62. The molecule has 0 fully saturated rings. The maximum Gasteiger partial charge on any atom is 0.174 e. The number of methoxy groups -OCH3 is 1. The molecule has 0 unspecified atom stereocenters. The molecule has 4 heterocycles. The Bertz CT molecular complexity index is 1620. The lowest BCUT2D eigenvalue weighted by Gasteiger charge is -2.24. The van der Waals surface area contributed by atoms with Gasteiger partial charge in [-0.15, -0.1) is 0 Å². The van der Waals surface area contributed by atoms with Gasteiger partial charge in [0.1, 0.15) is 17.4 Å². The van der Waals surface area contributed by atoms with Gasteiger partial charge in [0.25, 0.3) is 0 Å². The minimum Gasteiger partial charge on any atom is -0.495 e. The zero-order valence-corrected chi connectivity index (χ0v) is 21.3. The summed E-state index contributed by atoms with van der Waals surface area (Å²) in [4.78, 5) is 13.4. The number of aromatic nitrogens is 6. The molecule has 0 aliphatic carbocycles. The first-order valence-electron chi connectivity index (χ1n) is 12.6. The fourth-order valence-corrected chi connectivity index (χ4v) is 5.07. The van der Waals surface area contributed by atoms with Gasteiger partial charge < -0.3 is 9.30 Å². The zero-order chi connectivity index (χ0) is 26.1. The van der Waals surface area contributed by atoms with Gasteiger partial charge in [-0.3, -0.25) is 4.98 Å². The predicted octanol–water partition coefficient (Wildman–Crippen LogP) is 6.08. The molecule has 6 rings (SSSR count). The lowest BCUT2D eigenvalue weighted by Crippen LogP contribution is -2.18. The molecule has 0 saturated carbocycles. The zero-order valence-electron chi connectivity index (χ0n) is 21.3. The van der Waals surface area contributed by atoms with E-state index in [0.29, 0.717) is 5.82 Å². The average Bonchev–Trinajstić information content (AvgIpc) is 3.58. The van der Waals surface area contributed by atoms with Crippen LogP contribution in [0.1, 0.15) is 47.2 Å². The summed E-state index contributed by atoms with van der Waals surface area (Å²) < 4.78 is 23.8. The summed E-state index contributed by atoms with van der Waals surface area (Å²) in [6.07, 6.45) is 13.0. The molecular formula is C30H27FN6O. The van der Waals surface area contributed by atoms with E-state index in [2.05, 4.69) is 9.97 Å². The highest BCUT2D eigenvalue weighted by atomic mass is 19.1. The number of rotatable bonds is 6. The van der Waals surface area contributed by atoms with E-state index in [1.54, 1.807) is 31.9 Å². The van der Waals surface area contributed by atoms with Gasteiger partial charge in [-0.2, -0.15) is 5.10 Å². The maximum atomic E-state index is 14.3. The summed E-state index contributed by atoms with van der Waals surface area (Å²) in [6, 6.07) is 14.8. The molecule has 3 aromatic heterocycles. The number of imidazole rings is 1. The molecule has 1 aliphatic rings. The molecule has 0 bridgehead atoms. The minimum atomic E-state index is -0.266. The number of benzene rings is 2. The molecule has 0 saturated heterocycles. The molecule has 38 heavy (non-hydrogen) atoms. The van der Waals surface area contributed by atoms with E-state index in [0.717, 1.165) is 64.6 Å². The fraction of sp³-hybridized carbons (Fsp3) is 0.200. The molecule has 0 radical (unpaired) electrons. The molecule has 0 spiro atoms. The standard InChI is InChI=1S/C30H27FN6O/c1-20-18-36(19-33-20)27-11-7-21(15-28(27)38-2)8-12-29-34-30-25(6-4-14-37(30)35-29)24-10-9-23(31)16-26(24)22-5-3-13-32-17-22/h3,5,7-13,15-19,25H,4,6,14H2,1-2H3/t25-/m1/s1. The quantitative estimate of drug-likeness (QED) is 0.279. The lowest BCUT2D eigenvalue weighted by molar-refractivity contribution is 0.413. The van der Waals surface area contributed by atoms with Gasteiger partial charge >= 0.3 is 0 Å². The Balaban J connectivity index is 1.31. The van der Waals surface area contributed by atoms with Crippen LogP contribution >= 0.6 is 0 Å². The third kappa shape index (κ3) is 4.61. The van der Waals surface area contributed by atoms with Crippen molar-refractivity contribution in [3.8, 4) is 22.6 Å². The monoisotopic (exact) mass is 506 g/mol. The van der Waals surface area contributed by atoms with Crippen molar-refractivity contribution in [2.24, 2.45) is 0 Å². The molecule has 1 atom stereocenters. The number of aryl methyl sites for hydroxylation is 2. The minimum absolute atomic E-state index is 0.0206. The van der Waals surface area contributed by atoms with Crippen molar-refractivity contribution in [2.75, 3.05) is 7.11 Å². The normalized spacial score (nSPS) is 15.1. The van der Waals surface area contributed by atoms with Crippen LogP contribution in [0.3, 0.4) is 0 Å². The number of fused-ring (bicyclic) bond motifs is 1. The third-order valence-electron chi connectivity index (χ3n) is 6.87. The van der Waals surface area contributed by atoms with E-state index in [4.69, 9.17) is 14.8 Å².